The van der Waals surface area contributed by atoms with E-state index in [1.165, 1.54) is 11.3 Å². The standard InChI is InChI=1S/C17H15ClN2OS/c1-11-7-9-13(18)16-15(11)20-17(22-16)19-14(21)10-8-12-5-3-2-4-6-12/h2-7,9H,8,10H2,1H3,(H,19,20,21). The van der Waals surface area contributed by atoms with Crippen LogP contribution >= 0.6 is 22.9 Å². The highest BCUT2D eigenvalue weighted by atomic mass is 35.5. The number of aromatic nitrogens is 1. The minimum Gasteiger partial charge on any atom is -0.302 e. The molecule has 3 rings (SSSR count). The van der Waals surface area contributed by atoms with Crippen molar-refractivity contribution in [2.45, 2.75) is 19.8 Å². The Labute approximate surface area is 138 Å². The fourth-order valence-electron chi connectivity index (χ4n) is 2.24. The molecule has 22 heavy (non-hydrogen) atoms. The summed E-state index contributed by atoms with van der Waals surface area (Å²) < 4.78 is 0.917. The Hall–Kier alpha value is -1.91. The van der Waals surface area contributed by atoms with Crippen LogP contribution in [0.25, 0.3) is 10.2 Å². The first-order valence-electron chi connectivity index (χ1n) is 7.03. The van der Waals surface area contributed by atoms with Crippen molar-refractivity contribution in [1.29, 1.82) is 0 Å². The molecule has 0 spiro atoms. The molecule has 0 radical (unpaired) electrons. The van der Waals surface area contributed by atoms with Crippen LogP contribution in [0.15, 0.2) is 42.5 Å². The lowest BCUT2D eigenvalue weighted by molar-refractivity contribution is -0.116. The minimum absolute atomic E-state index is 0.0308. The molecule has 112 valence electrons. The summed E-state index contributed by atoms with van der Waals surface area (Å²) in [7, 11) is 0. The lowest BCUT2D eigenvalue weighted by atomic mass is 10.1. The zero-order chi connectivity index (χ0) is 15.5. The van der Waals surface area contributed by atoms with Crippen LogP contribution in [0.4, 0.5) is 5.13 Å². The van der Waals surface area contributed by atoms with Crippen molar-refractivity contribution in [3.05, 3.63) is 58.6 Å². The topological polar surface area (TPSA) is 42.0 Å². The molecule has 2 aromatic carbocycles. The first-order chi connectivity index (χ1) is 10.6. The Bertz CT molecular complexity index is 775. The molecule has 0 atom stereocenters. The number of hydrogen-bond donors (Lipinski definition) is 1. The Morgan fingerprint density at radius 1 is 1.23 bits per heavy atom. The molecular weight excluding hydrogens is 316 g/mol. The van der Waals surface area contributed by atoms with E-state index < -0.39 is 0 Å². The summed E-state index contributed by atoms with van der Waals surface area (Å²) in [6.07, 6.45) is 1.16. The number of aryl methyl sites for hydroxylation is 2. The number of nitrogens with zero attached hydrogens (tertiary/aromatic N) is 1. The van der Waals surface area contributed by atoms with Crippen LogP contribution in [0.5, 0.6) is 0 Å². The Balaban J connectivity index is 1.69. The normalized spacial score (nSPS) is 10.8. The SMILES string of the molecule is Cc1ccc(Cl)c2sc(NC(=O)CCc3ccccc3)nc12. The molecule has 1 aromatic heterocycles. The quantitative estimate of drug-likeness (QED) is 0.744. The molecule has 0 aliphatic rings. The molecule has 3 nitrogen and oxygen atoms in total. The molecule has 1 heterocycles. The largest absolute Gasteiger partial charge is 0.302 e. The number of benzene rings is 2. The third-order valence-corrected chi connectivity index (χ3v) is 4.86. The first kappa shape index (κ1) is 15.0. The van der Waals surface area contributed by atoms with E-state index in [0.717, 1.165) is 27.8 Å². The molecule has 0 unspecified atom stereocenters. The number of halogens is 1. The van der Waals surface area contributed by atoms with Crippen molar-refractivity contribution in [2.24, 2.45) is 0 Å². The minimum atomic E-state index is -0.0308. The molecule has 0 fully saturated rings. The molecule has 3 aromatic rings. The van der Waals surface area contributed by atoms with Gasteiger partial charge in [0.1, 0.15) is 0 Å². The second-order valence-corrected chi connectivity index (χ2v) is 6.50. The van der Waals surface area contributed by atoms with Crippen LogP contribution in [-0.2, 0) is 11.2 Å². The van der Waals surface area contributed by atoms with Crippen molar-refractivity contribution in [3.63, 3.8) is 0 Å². The number of thiazole rings is 1. The summed E-state index contributed by atoms with van der Waals surface area (Å²) in [5, 5.41) is 4.14. The summed E-state index contributed by atoms with van der Waals surface area (Å²) >= 11 is 7.59. The Morgan fingerprint density at radius 3 is 2.73 bits per heavy atom. The molecule has 5 heteroatoms. The molecular formula is C17H15ClN2OS. The molecule has 0 saturated carbocycles. The van der Waals surface area contributed by atoms with Gasteiger partial charge in [-0.1, -0.05) is 59.3 Å². The van der Waals surface area contributed by atoms with E-state index in [4.69, 9.17) is 11.6 Å². The highest BCUT2D eigenvalue weighted by Gasteiger charge is 2.11. The number of nitrogens with one attached hydrogen (secondary N) is 1. The van der Waals surface area contributed by atoms with E-state index in [1.54, 1.807) is 0 Å². The zero-order valence-electron chi connectivity index (χ0n) is 12.1. The molecule has 0 bridgehead atoms. The fraction of sp³-hybridized carbons (Fsp3) is 0.176. The lowest BCUT2D eigenvalue weighted by Crippen LogP contribution is -2.12. The van der Waals surface area contributed by atoms with Gasteiger partial charge in [0.25, 0.3) is 0 Å². The third kappa shape index (κ3) is 3.29. The van der Waals surface area contributed by atoms with Crippen molar-refractivity contribution >= 4 is 44.2 Å². The second kappa shape index (κ2) is 6.46. The van der Waals surface area contributed by atoms with Crippen molar-refractivity contribution in [2.75, 3.05) is 5.32 Å². The highest BCUT2D eigenvalue weighted by Crippen LogP contribution is 2.33. The van der Waals surface area contributed by atoms with E-state index >= 15 is 0 Å². The molecule has 1 N–H and O–H groups in total. The van der Waals surface area contributed by atoms with Gasteiger partial charge in [0, 0.05) is 6.42 Å². The lowest BCUT2D eigenvalue weighted by Gasteiger charge is -2.01. The van der Waals surface area contributed by atoms with E-state index in [-0.39, 0.29) is 5.91 Å². The number of anilines is 1. The van der Waals surface area contributed by atoms with Crippen LogP contribution in [0.1, 0.15) is 17.5 Å². The van der Waals surface area contributed by atoms with Gasteiger partial charge in [-0.3, -0.25) is 4.79 Å². The van der Waals surface area contributed by atoms with E-state index in [2.05, 4.69) is 10.3 Å². The predicted octanol–water partition coefficient (Wildman–Crippen LogP) is 4.83. The maximum absolute atomic E-state index is 12.1. The van der Waals surface area contributed by atoms with E-state index in [0.29, 0.717) is 16.6 Å². The van der Waals surface area contributed by atoms with Gasteiger partial charge in [-0.15, -0.1) is 0 Å². The van der Waals surface area contributed by atoms with Crippen LogP contribution in [0, 0.1) is 6.92 Å². The molecule has 0 aliphatic heterocycles. The molecule has 0 saturated heterocycles. The summed E-state index contributed by atoms with van der Waals surface area (Å²) in [5.41, 5.74) is 3.07. The van der Waals surface area contributed by atoms with Gasteiger partial charge < -0.3 is 5.32 Å². The number of rotatable bonds is 4. The van der Waals surface area contributed by atoms with Gasteiger partial charge in [0.15, 0.2) is 5.13 Å². The van der Waals surface area contributed by atoms with Gasteiger partial charge >= 0.3 is 0 Å². The summed E-state index contributed by atoms with van der Waals surface area (Å²) in [5.74, 6) is -0.0308. The van der Waals surface area contributed by atoms with Gasteiger partial charge in [-0.2, -0.15) is 0 Å². The molecule has 0 aliphatic carbocycles. The van der Waals surface area contributed by atoms with Crippen LogP contribution in [0.3, 0.4) is 0 Å². The van der Waals surface area contributed by atoms with Crippen LogP contribution < -0.4 is 5.32 Å². The monoisotopic (exact) mass is 330 g/mol. The smallest absolute Gasteiger partial charge is 0.226 e. The maximum atomic E-state index is 12.1. The predicted molar refractivity (Wildman–Crippen MR) is 92.8 cm³/mol. The number of amides is 1. The molecule has 1 amide bonds. The third-order valence-electron chi connectivity index (χ3n) is 3.43. The Morgan fingerprint density at radius 2 is 2.00 bits per heavy atom. The average molecular weight is 331 g/mol. The maximum Gasteiger partial charge on any atom is 0.226 e. The zero-order valence-corrected chi connectivity index (χ0v) is 13.7. The van der Waals surface area contributed by atoms with Crippen LogP contribution in [-0.4, -0.2) is 10.9 Å². The van der Waals surface area contributed by atoms with Crippen LogP contribution in [0.2, 0.25) is 5.02 Å². The van der Waals surface area contributed by atoms with Gasteiger partial charge in [-0.25, -0.2) is 4.98 Å². The van der Waals surface area contributed by atoms with Gasteiger partial charge in [0.05, 0.1) is 15.2 Å². The summed E-state index contributed by atoms with van der Waals surface area (Å²) in [4.78, 5) is 16.5. The summed E-state index contributed by atoms with van der Waals surface area (Å²) in [6.45, 7) is 1.99. The second-order valence-electron chi connectivity index (χ2n) is 5.09. The van der Waals surface area contributed by atoms with Crippen molar-refractivity contribution in [1.82, 2.24) is 4.98 Å². The average Bonchev–Trinajstić information content (AvgIpc) is 2.95. The van der Waals surface area contributed by atoms with Crippen molar-refractivity contribution < 1.29 is 4.79 Å². The van der Waals surface area contributed by atoms with E-state index in [9.17, 15) is 4.79 Å². The highest BCUT2D eigenvalue weighted by molar-refractivity contribution is 7.23. The summed E-state index contributed by atoms with van der Waals surface area (Å²) in [6, 6.07) is 13.8. The number of fused-ring (bicyclic) bond motifs is 1. The Kier molecular flexibility index (Phi) is 4.41. The number of carbonyl (C=O) groups excluding carboxylic acids is 1. The van der Waals surface area contributed by atoms with Gasteiger partial charge in [-0.05, 0) is 30.5 Å². The fourth-order valence-corrected chi connectivity index (χ4v) is 3.47. The first-order valence-corrected chi connectivity index (χ1v) is 8.22. The van der Waals surface area contributed by atoms with Crippen molar-refractivity contribution in [3.8, 4) is 0 Å². The van der Waals surface area contributed by atoms with E-state index in [1.807, 2.05) is 49.4 Å². The number of hydrogen-bond acceptors (Lipinski definition) is 3. The van der Waals surface area contributed by atoms with Gasteiger partial charge in [0.2, 0.25) is 5.91 Å². The number of carbonyl (C=O) groups is 1.